The highest BCUT2D eigenvalue weighted by molar-refractivity contribution is 6.08. The van der Waals surface area contributed by atoms with Gasteiger partial charge in [0.2, 0.25) is 11.8 Å². The molecule has 1 unspecified atom stereocenters. The number of rotatable bonds is 9. The van der Waals surface area contributed by atoms with Crippen molar-refractivity contribution in [2.75, 3.05) is 62.6 Å². The standard InChI is InChI=1S/C46H52F2N12O5/c1-54-40-29(4-2-6-35(40)60(45(54)64)36-11-12-38(61)52-44(36)63)5-3-16-55-18-14-46(15-19-55)26-56(27-46)22-28-7-9-30(10-8-28)59-24-34(39(53-59)41(47)48)50-43(62)33-21-49-58-17-13-37(51-42(33)58)57-23-32-20-31(57)25-65-32/h2,4,6,13,17,21,24,28,30-32,36,41H,7-12,14-16,18-20,22-23,25-27H2,1H3,(H,50,62)(H,52,61,63)/t28?,30?,31-,32-,36?/m1/s1. The molecule has 5 aromatic rings. The molecule has 5 aliphatic heterocycles. The molecule has 9 heterocycles. The Labute approximate surface area is 373 Å². The highest BCUT2D eigenvalue weighted by Gasteiger charge is 2.45. The lowest BCUT2D eigenvalue weighted by molar-refractivity contribution is -0.135. The van der Waals surface area contributed by atoms with Crippen molar-refractivity contribution in [1.82, 2.24) is 48.6 Å². The van der Waals surface area contributed by atoms with Crippen molar-refractivity contribution in [2.45, 2.75) is 88.4 Å². The van der Waals surface area contributed by atoms with Crippen LogP contribution in [-0.4, -0.2) is 126 Å². The minimum absolute atomic E-state index is 0.00516. The van der Waals surface area contributed by atoms with E-state index in [1.807, 2.05) is 24.3 Å². The summed E-state index contributed by atoms with van der Waals surface area (Å²) in [5.41, 5.74) is 2.20. The van der Waals surface area contributed by atoms with Crippen LogP contribution in [-0.2, 0) is 21.4 Å². The summed E-state index contributed by atoms with van der Waals surface area (Å²) in [6.45, 7) is 7.17. The minimum Gasteiger partial charge on any atom is -0.374 e. The van der Waals surface area contributed by atoms with Gasteiger partial charge in [0.25, 0.3) is 12.3 Å². The quantitative estimate of drug-likeness (QED) is 0.163. The molecule has 2 bridgehead atoms. The normalized spacial score (nSPS) is 25.7. The second kappa shape index (κ2) is 16.5. The Morgan fingerprint density at radius 2 is 1.86 bits per heavy atom. The number of fused-ring (bicyclic) bond motifs is 4. The molecule has 3 atom stereocenters. The first-order chi connectivity index (χ1) is 31.5. The maximum atomic E-state index is 14.3. The van der Waals surface area contributed by atoms with Crippen LogP contribution in [0.25, 0.3) is 16.7 Å². The van der Waals surface area contributed by atoms with Gasteiger partial charge in [-0.25, -0.2) is 23.1 Å². The lowest BCUT2D eigenvalue weighted by Crippen LogP contribution is -2.61. The number of hydrogen-bond donors (Lipinski definition) is 2. The molecule has 17 nitrogen and oxygen atoms in total. The lowest BCUT2D eigenvalue weighted by Gasteiger charge is -2.55. The lowest BCUT2D eigenvalue weighted by atomic mass is 9.71. The maximum Gasteiger partial charge on any atom is 0.329 e. The number of halogens is 2. The van der Waals surface area contributed by atoms with Crippen LogP contribution in [0.15, 0.2) is 47.7 Å². The number of nitrogens with one attached hydrogen (secondary N) is 2. The van der Waals surface area contributed by atoms with Crippen LogP contribution in [0.2, 0.25) is 0 Å². The van der Waals surface area contributed by atoms with E-state index >= 15 is 0 Å². The highest BCUT2D eigenvalue weighted by Crippen LogP contribution is 2.43. The molecular weight excluding hydrogens is 839 g/mol. The first-order valence-corrected chi connectivity index (χ1v) is 22.9. The number of amides is 3. The van der Waals surface area contributed by atoms with Crippen molar-refractivity contribution in [1.29, 1.82) is 0 Å². The molecule has 1 aliphatic carbocycles. The van der Waals surface area contributed by atoms with Crippen molar-refractivity contribution in [2.24, 2.45) is 18.4 Å². The second-order valence-electron chi connectivity index (χ2n) is 19.0. The molecule has 5 saturated heterocycles. The number of nitrogens with zero attached hydrogens (tertiary/aromatic N) is 10. The summed E-state index contributed by atoms with van der Waals surface area (Å²) in [6, 6.07) is 6.92. The highest BCUT2D eigenvalue weighted by atomic mass is 19.3. The number of likely N-dealkylation sites (tertiary alicyclic amines) is 2. The topological polar surface area (TPSA) is 169 Å². The first-order valence-electron chi connectivity index (χ1n) is 22.9. The van der Waals surface area contributed by atoms with Gasteiger partial charge in [0.1, 0.15) is 17.4 Å². The number of para-hydroxylation sites is 1. The molecular formula is C46H52F2N12O5. The summed E-state index contributed by atoms with van der Waals surface area (Å²) in [6.07, 6.45) is 9.34. The summed E-state index contributed by atoms with van der Waals surface area (Å²) < 4.78 is 40.5. The summed E-state index contributed by atoms with van der Waals surface area (Å²) >= 11 is 0. The molecule has 1 aromatic carbocycles. The van der Waals surface area contributed by atoms with Crippen molar-refractivity contribution >= 4 is 45.9 Å². The molecule has 6 aliphatic rings. The van der Waals surface area contributed by atoms with Crippen LogP contribution in [0.1, 0.15) is 97.9 Å². The van der Waals surface area contributed by atoms with Crippen LogP contribution in [0, 0.1) is 23.2 Å². The third-order valence-electron chi connectivity index (χ3n) is 14.9. The van der Waals surface area contributed by atoms with E-state index in [9.17, 15) is 28.0 Å². The maximum absolute atomic E-state index is 14.3. The number of aromatic nitrogens is 7. The predicted octanol–water partition coefficient (Wildman–Crippen LogP) is 3.91. The van der Waals surface area contributed by atoms with Gasteiger partial charge in [-0.1, -0.05) is 17.9 Å². The van der Waals surface area contributed by atoms with E-state index in [0.29, 0.717) is 41.2 Å². The van der Waals surface area contributed by atoms with Crippen molar-refractivity contribution < 1.29 is 27.9 Å². The first kappa shape index (κ1) is 41.7. The fourth-order valence-corrected chi connectivity index (χ4v) is 11.4. The van der Waals surface area contributed by atoms with E-state index in [1.165, 1.54) is 19.8 Å². The summed E-state index contributed by atoms with van der Waals surface area (Å²) in [5, 5.41) is 13.7. The van der Waals surface area contributed by atoms with E-state index in [0.717, 1.165) is 95.6 Å². The number of piperidine rings is 2. The van der Waals surface area contributed by atoms with E-state index in [-0.39, 0.29) is 53.9 Å². The molecule has 65 heavy (non-hydrogen) atoms. The Bertz CT molecular complexity index is 2810. The SMILES string of the molecule is Cn1c(=O)n(C2CCC(=O)NC2=O)c2cccc(C#CCN3CCC4(CC3)CN(CC3CCC(n5cc(NC(=O)c6cnn7ccc(N8C[C@H]9C[C@@H]8CO9)nc67)c(C(F)F)n5)CC3)C4)c21. The Morgan fingerprint density at radius 3 is 2.60 bits per heavy atom. The second-order valence-corrected chi connectivity index (χ2v) is 19.0. The fourth-order valence-electron chi connectivity index (χ4n) is 11.4. The van der Waals surface area contributed by atoms with Crippen LogP contribution < -0.4 is 21.2 Å². The zero-order valence-corrected chi connectivity index (χ0v) is 36.3. The van der Waals surface area contributed by atoms with Crippen molar-refractivity contribution in [3.8, 4) is 11.8 Å². The number of imide groups is 1. The number of hydrogen-bond acceptors (Lipinski definition) is 11. The van der Waals surface area contributed by atoms with Gasteiger partial charge in [-0.2, -0.15) is 10.2 Å². The molecule has 1 spiro atoms. The minimum atomic E-state index is -2.85. The number of benzene rings is 1. The summed E-state index contributed by atoms with van der Waals surface area (Å²) in [7, 11) is 1.69. The van der Waals surface area contributed by atoms with Gasteiger partial charge in [-0.3, -0.25) is 38.4 Å². The zero-order chi connectivity index (χ0) is 44.6. The Balaban J connectivity index is 0.655. The zero-order valence-electron chi connectivity index (χ0n) is 36.3. The largest absolute Gasteiger partial charge is 0.374 e. The van der Waals surface area contributed by atoms with Gasteiger partial charge in [0.05, 0.1) is 59.8 Å². The number of aryl methyl sites for hydroxylation is 1. The van der Waals surface area contributed by atoms with E-state index in [1.54, 1.807) is 24.1 Å². The van der Waals surface area contributed by atoms with Crippen molar-refractivity contribution in [3.05, 3.63) is 70.2 Å². The Hall–Kier alpha value is -5.97. The fraction of sp³-hybridized carbons (Fsp3) is 0.543. The van der Waals surface area contributed by atoms with E-state index < -0.39 is 30.0 Å². The van der Waals surface area contributed by atoms with Crippen LogP contribution >= 0.6 is 0 Å². The van der Waals surface area contributed by atoms with Gasteiger partial charge < -0.3 is 19.9 Å². The summed E-state index contributed by atoms with van der Waals surface area (Å²) in [4.78, 5) is 63.1. The third kappa shape index (κ3) is 7.68. The number of ether oxygens (including phenoxy) is 1. The van der Waals surface area contributed by atoms with E-state index in [2.05, 4.69) is 47.4 Å². The monoisotopic (exact) mass is 890 g/mol. The average Bonchev–Trinajstić information content (AvgIpc) is 4.14. The van der Waals surface area contributed by atoms with Crippen LogP contribution in [0.3, 0.4) is 0 Å². The molecule has 3 amide bonds. The van der Waals surface area contributed by atoms with Gasteiger partial charge in [0, 0.05) is 52.0 Å². The molecule has 0 radical (unpaired) electrons. The van der Waals surface area contributed by atoms with Crippen molar-refractivity contribution in [3.63, 3.8) is 0 Å². The number of alkyl halides is 2. The molecule has 1 saturated carbocycles. The number of morpholine rings is 1. The van der Waals surface area contributed by atoms with Crippen LogP contribution in [0.5, 0.6) is 0 Å². The molecule has 11 rings (SSSR count). The Morgan fingerprint density at radius 1 is 1.05 bits per heavy atom. The smallest absolute Gasteiger partial charge is 0.329 e. The van der Waals surface area contributed by atoms with Gasteiger partial charge >= 0.3 is 5.69 Å². The molecule has 6 fully saturated rings. The third-order valence-corrected chi connectivity index (χ3v) is 14.9. The van der Waals surface area contributed by atoms with Gasteiger partial charge in [0.15, 0.2) is 11.3 Å². The number of carbonyl (C=O) groups is 3. The summed E-state index contributed by atoms with van der Waals surface area (Å²) in [5.74, 6) is 6.57. The Kier molecular flexibility index (Phi) is 10.6. The molecule has 2 N–H and O–H groups in total. The van der Waals surface area contributed by atoms with E-state index in [4.69, 9.17) is 9.72 Å². The van der Waals surface area contributed by atoms with Gasteiger partial charge in [-0.15, -0.1) is 0 Å². The van der Waals surface area contributed by atoms with Crippen LogP contribution in [0.4, 0.5) is 20.3 Å². The van der Waals surface area contributed by atoms with Gasteiger partial charge in [-0.05, 0) is 94.0 Å². The molecule has 19 heteroatoms. The number of anilines is 2. The molecule has 4 aromatic heterocycles. The number of imidazole rings is 1. The molecule has 340 valence electrons. The average molecular weight is 891 g/mol. The number of carbonyl (C=O) groups excluding carboxylic acids is 3. The predicted molar refractivity (Wildman–Crippen MR) is 235 cm³/mol.